The number of amides is 1. The van der Waals surface area contributed by atoms with E-state index in [0.717, 1.165) is 29.8 Å². The fraction of sp³-hybridized carbons (Fsp3) is 0.357. The van der Waals surface area contributed by atoms with Crippen LogP contribution in [-0.4, -0.2) is 63.9 Å². The summed E-state index contributed by atoms with van der Waals surface area (Å²) < 4.78 is 15.2. The summed E-state index contributed by atoms with van der Waals surface area (Å²) in [4.78, 5) is 30.0. The number of likely N-dealkylation sites (tertiary alicyclic amines) is 1. The van der Waals surface area contributed by atoms with E-state index in [0.29, 0.717) is 42.4 Å². The van der Waals surface area contributed by atoms with E-state index in [1.807, 2.05) is 33.2 Å². The molecule has 0 bridgehead atoms. The van der Waals surface area contributed by atoms with Crippen molar-refractivity contribution in [3.05, 3.63) is 76.8 Å². The van der Waals surface area contributed by atoms with E-state index in [1.165, 1.54) is 12.4 Å². The number of likely N-dealkylation sites (N-methyl/N-ethyl adjacent to an activating group) is 1. The second-order valence-electron chi connectivity index (χ2n) is 8.89. The van der Waals surface area contributed by atoms with Crippen LogP contribution in [0.4, 0.5) is 4.39 Å². The average molecular weight is 472 g/mol. The molecule has 1 aromatic carbocycles. The Kier molecular flexibility index (Phi) is 7.52. The summed E-state index contributed by atoms with van der Waals surface area (Å²) >= 11 is 0. The second-order valence-corrected chi connectivity index (χ2v) is 8.89. The molecule has 1 aliphatic heterocycles. The zero-order chi connectivity index (χ0) is 24.9. The van der Waals surface area contributed by atoms with Gasteiger partial charge in [0.2, 0.25) is 0 Å². The lowest BCUT2D eigenvalue weighted by molar-refractivity contribution is 0.0778. The first-order chi connectivity index (χ1) is 16.9. The van der Waals surface area contributed by atoms with Gasteiger partial charge in [0.05, 0.1) is 22.5 Å². The number of rotatable bonds is 5. The van der Waals surface area contributed by atoms with E-state index >= 15 is 4.39 Å². The minimum absolute atomic E-state index is 0.0765. The van der Waals surface area contributed by atoms with Crippen LogP contribution in [-0.2, 0) is 12.8 Å². The minimum atomic E-state index is -0.560. The summed E-state index contributed by atoms with van der Waals surface area (Å²) in [5.41, 5.74) is 4.42. The fourth-order valence-corrected chi connectivity index (χ4v) is 4.24. The minimum Gasteiger partial charge on any atom is -0.337 e. The maximum atomic E-state index is 15.2. The van der Waals surface area contributed by atoms with Crippen molar-refractivity contribution in [3.63, 3.8) is 0 Å². The van der Waals surface area contributed by atoms with Crippen LogP contribution in [0.3, 0.4) is 0 Å². The molecule has 0 N–H and O–H groups in total. The Labute approximate surface area is 206 Å². The number of pyridine rings is 1. The molecule has 4 rings (SSSR count). The van der Waals surface area contributed by atoms with Gasteiger partial charge >= 0.3 is 0 Å². The standard InChI is InChI=1S/C28H30FN5O/c1-5-21-10-7-19(16-30-21)8-11-24-26(6-2)31-18-32-27(24)20-9-12-23(25(29)15-20)28(35)34-14-13-22(17-34)33(3)4/h7,9-10,12,15-16,18,22H,5-6,13-14,17H2,1-4H3/t22-/m1/s1. The maximum Gasteiger partial charge on any atom is 0.256 e. The first-order valence-corrected chi connectivity index (χ1v) is 12.0. The van der Waals surface area contributed by atoms with Gasteiger partial charge in [-0.25, -0.2) is 14.4 Å². The molecule has 3 heterocycles. The second kappa shape index (κ2) is 10.7. The van der Waals surface area contributed by atoms with Gasteiger partial charge in [0.15, 0.2) is 0 Å². The fourth-order valence-electron chi connectivity index (χ4n) is 4.24. The molecule has 1 aliphatic rings. The Hall–Kier alpha value is -3.63. The smallest absolute Gasteiger partial charge is 0.256 e. The normalized spacial score (nSPS) is 15.3. The largest absolute Gasteiger partial charge is 0.337 e. The molecule has 1 fully saturated rings. The highest BCUT2D eigenvalue weighted by Crippen LogP contribution is 2.26. The molecular formula is C28H30FN5O. The third kappa shape index (κ3) is 5.39. The highest BCUT2D eigenvalue weighted by molar-refractivity contribution is 5.95. The van der Waals surface area contributed by atoms with Gasteiger partial charge in [-0.05, 0) is 57.6 Å². The van der Waals surface area contributed by atoms with E-state index in [4.69, 9.17) is 0 Å². The van der Waals surface area contributed by atoms with Gasteiger partial charge in [0.1, 0.15) is 12.1 Å². The Morgan fingerprint density at radius 2 is 1.94 bits per heavy atom. The van der Waals surface area contributed by atoms with Crippen LogP contribution < -0.4 is 0 Å². The van der Waals surface area contributed by atoms with Gasteiger partial charge in [-0.3, -0.25) is 9.78 Å². The number of aromatic nitrogens is 3. The Morgan fingerprint density at radius 3 is 2.57 bits per heavy atom. The summed E-state index contributed by atoms with van der Waals surface area (Å²) in [7, 11) is 4.00. The molecule has 2 aromatic heterocycles. The highest BCUT2D eigenvalue weighted by atomic mass is 19.1. The Morgan fingerprint density at radius 1 is 1.11 bits per heavy atom. The van der Waals surface area contributed by atoms with Gasteiger partial charge in [0, 0.05) is 42.1 Å². The van der Waals surface area contributed by atoms with Gasteiger partial charge in [0.25, 0.3) is 5.91 Å². The molecular weight excluding hydrogens is 441 g/mol. The van der Waals surface area contributed by atoms with Crippen LogP contribution in [0.1, 0.15) is 53.1 Å². The van der Waals surface area contributed by atoms with Crippen molar-refractivity contribution in [1.82, 2.24) is 24.8 Å². The molecule has 6 nitrogen and oxygen atoms in total. The maximum absolute atomic E-state index is 15.2. The van der Waals surface area contributed by atoms with Crippen molar-refractivity contribution in [3.8, 4) is 23.1 Å². The van der Waals surface area contributed by atoms with Crippen molar-refractivity contribution in [1.29, 1.82) is 0 Å². The van der Waals surface area contributed by atoms with E-state index in [1.54, 1.807) is 23.2 Å². The van der Waals surface area contributed by atoms with Crippen LogP contribution >= 0.6 is 0 Å². The summed E-state index contributed by atoms with van der Waals surface area (Å²) in [6.45, 7) is 5.28. The molecule has 1 saturated heterocycles. The molecule has 1 amide bonds. The van der Waals surface area contributed by atoms with Crippen LogP contribution in [0.15, 0.2) is 42.9 Å². The molecule has 0 radical (unpaired) electrons. The lowest BCUT2D eigenvalue weighted by Crippen LogP contribution is -2.34. The lowest BCUT2D eigenvalue weighted by Gasteiger charge is -2.20. The van der Waals surface area contributed by atoms with Crippen molar-refractivity contribution < 1.29 is 9.18 Å². The van der Waals surface area contributed by atoms with Crippen molar-refractivity contribution in [2.75, 3.05) is 27.2 Å². The SMILES string of the molecule is CCc1ccc(C#Cc2c(CC)ncnc2-c2ccc(C(=O)N3CC[C@@H](N(C)C)C3)c(F)c2)cn1. The lowest BCUT2D eigenvalue weighted by atomic mass is 10.0. The zero-order valence-corrected chi connectivity index (χ0v) is 20.7. The monoisotopic (exact) mass is 471 g/mol. The highest BCUT2D eigenvalue weighted by Gasteiger charge is 2.29. The van der Waals surface area contributed by atoms with Gasteiger partial charge < -0.3 is 9.80 Å². The van der Waals surface area contributed by atoms with Crippen LogP contribution in [0, 0.1) is 17.7 Å². The van der Waals surface area contributed by atoms with Crippen LogP contribution in [0.2, 0.25) is 0 Å². The zero-order valence-electron chi connectivity index (χ0n) is 20.7. The molecule has 0 aliphatic carbocycles. The molecule has 0 spiro atoms. The number of benzene rings is 1. The van der Waals surface area contributed by atoms with Crippen LogP contribution in [0.25, 0.3) is 11.3 Å². The van der Waals surface area contributed by atoms with Gasteiger partial charge in [-0.2, -0.15) is 0 Å². The number of aryl methyl sites for hydroxylation is 2. The number of halogens is 1. The molecule has 3 aromatic rings. The molecule has 35 heavy (non-hydrogen) atoms. The van der Waals surface area contributed by atoms with Gasteiger partial charge in [-0.1, -0.05) is 31.8 Å². The summed E-state index contributed by atoms with van der Waals surface area (Å²) in [6, 6.07) is 8.85. The Balaban J connectivity index is 1.65. The van der Waals surface area contributed by atoms with E-state index in [-0.39, 0.29) is 11.5 Å². The number of nitrogens with zero attached hydrogens (tertiary/aromatic N) is 5. The molecule has 0 unspecified atom stereocenters. The van der Waals surface area contributed by atoms with E-state index in [9.17, 15) is 4.79 Å². The number of carbonyl (C=O) groups excluding carboxylic acids is 1. The van der Waals surface area contributed by atoms with E-state index in [2.05, 4.69) is 38.6 Å². The molecule has 0 saturated carbocycles. The summed E-state index contributed by atoms with van der Waals surface area (Å²) in [5.74, 6) is 5.49. The quantitative estimate of drug-likeness (QED) is 0.527. The molecule has 1 atom stereocenters. The van der Waals surface area contributed by atoms with Crippen molar-refractivity contribution in [2.45, 2.75) is 39.2 Å². The Bertz CT molecular complexity index is 1280. The average Bonchev–Trinajstić information content (AvgIpc) is 3.38. The van der Waals surface area contributed by atoms with Crippen molar-refractivity contribution in [2.24, 2.45) is 0 Å². The third-order valence-electron chi connectivity index (χ3n) is 6.43. The van der Waals surface area contributed by atoms with Gasteiger partial charge in [-0.15, -0.1) is 0 Å². The molecule has 180 valence electrons. The predicted octanol–water partition coefficient (Wildman–Crippen LogP) is 3.98. The van der Waals surface area contributed by atoms with Crippen LogP contribution in [0.5, 0.6) is 0 Å². The third-order valence-corrected chi connectivity index (χ3v) is 6.43. The number of carbonyl (C=O) groups is 1. The number of hydrogen-bond acceptors (Lipinski definition) is 5. The summed E-state index contributed by atoms with van der Waals surface area (Å²) in [6.07, 6.45) is 5.63. The van der Waals surface area contributed by atoms with E-state index < -0.39 is 5.82 Å². The first-order valence-electron chi connectivity index (χ1n) is 12.0. The first kappa shape index (κ1) is 24.5. The predicted molar refractivity (Wildman–Crippen MR) is 134 cm³/mol. The topological polar surface area (TPSA) is 62.2 Å². The van der Waals surface area contributed by atoms with Crippen molar-refractivity contribution >= 4 is 5.91 Å². The summed E-state index contributed by atoms with van der Waals surface area (Å²) in [5, 5.41) is 0. The number of hydrogen-bond donors (Lipinski definition) is 0. The molecule has 7 heteroatoms.